The van der Waals surface area contributed by atoms with Crippen LogP contribution in [0.2, 0.25) is 10.0 Å². The largest absolute Gasteiger partial charge is 0.315 e. The molecule has 1 rings (SSSR count). The fourth-order valence-corrected chi connectivity index (χ4v) is 3.12. The van der Waals surface area contributed by atoms with Crippen molar-refractivity contribution in [2.24, 2.45) is 0 Å². The number of benzene rings is 1. The van der Waals surface area contributed by atoms with Gasteiger partial charge in [0.1, 0.15) is 9.84 Å². The predicted molar refractivity (Wildman–Crippen MR) is 79.8 cm³/mol. The van der Waals surface area contributed by atoms with Crippen LogP contribution in [0.25, 0.3) is 0 Å². The summed E-state index contributed by atoms with van der Waals surface area (Å²) in [4.78, 5) is 0.939. The van der Waals surface area contributed by atoms with Crippen LogP contribution >= 0.6 is 35.0 Å². The molecule has 0 aliphatic heterocycles. The van der Waals surface area contributed by atoms with Crippen molar-refractivity contribution in [3.63, 3.8) is 0 Å². The zero-order valence-electron chi connectivity index (χ0n) is 9.95. The van der Waals surface area contributed by atoms with E-state index in [-0.39, 0.29) is 5.75 Å². The molecule has 0 atom stereocenters. The molecule has 0 saturated carbocycles. The van der Waals surface area contributed by atoms with Gasteiger partial charge < -0.3 is 5.32 Å². The van der Waals surface area contributed by atoms with Crippen LogP contribution < -0.4 is 5.32 Å². The first kappa shape index (κ1) is 16.1. The summed E-state index contributed by atoms with van der Waals surface area (Å²) >= 11 is 13.5. The molecule has 18 heavy (non-hydrogen) atoms. The Morgan fingerprint density at radius 3 is 2.67 bits per heavy atom. The van der Waals surface area contributed by atoms with Gasteiger partial charge in [-0.15, -0.1) is 11.8 Å². The average molecular weight is 328 g/mol. The average Bonchev–Trinajstić information content (AvgIpc) is 2.26. The lowest BCUT2D eigenvalue weighted by molar-refractivity contribution is 0.598. The molecule has 0 aliphatic carbocycles. The van der Waals surface area contributed by atoms with E-state index >= 15 is 0 Å². The number of halogens is 2. The zero-order valence-corrected chi connectivity index (χ0v) is 13.1. The molecule has 1 aromatic rings. The summed E-state index contributed by atoms with van der Waals surface area (Å²) in [5, 5.41) is 4.41. The summed E-state index contributed by atoms with van der Waals surface area (Å²) in [6, 6.07) is 5.34. The maximum Gasteiger partial charge on any atom is 0.148 e. The first-order chi connectivity index (χ1) is 8.38. The fourth-order valence-electron chi connectivity index (χ4n) is 1.20. The minimum absolute atomic E-state index is 0.162. The maximum atomic E-state index is 10.9. The van der Waals surface area contributed by atoms with E-state index in [1.807, 2.05) is 6.07 Å². The van der Waals surface area contributed by atoms with E-state index in [4.69, 9.17) is 23.2 Å². The molecule has 0 radical (unpaired) electrons. The Bertz CT molecular complexity index is 492. The fraction of sp³-hybridized carbons (Fsp3) is 0.455. The van der Waals surface area contributed by atoms with Crippen molar-refractivity contribution >= 4 is 44.8 Å². The lowest BCUT2D eigenvalue weighted by atomic mass is 10.4. The third-order valence-corrected chi connectivity index (χ3v) is 4.76. The molecule has 1 aromatic carbocycles. The summed E-state index contributed by atoms with van der Waals surface area (Å²) in [5.41, 5.74) is 0. The van der Waals surface area contributed by atoms with Gasteiger partial charge in [0.15, 0.2) is 0 Å². The number of rotatable bonds is 7. The summed E-state index contributed by atoms with van der Waals surface area (Å²) in [5.74, 6) is 0.972. The highest BCUT2D eigenvalue weighted by Gasteiger charge is 2.03. The number of nitrogens with one attached hydrogen (secondary N) is 1. The minimum Gasteiger partial charge on any atom is -0.315 e. The van der Waals surface area contributed by atoms with Gasteiger partial charge in [-0.2, -0.15) is 0 Å². The first-order valence-corrected chi connectivity index (χ1v) is 9.15. The van der Waals surface area contributed by atoms with Gasteiger partial charge in [0.2, 0.25) is 0 Å². The quantitative estimate of drug-likeness (QED) is 0.617. The standard InChI is InChI=1S/C11H15Cl2NO2S2/c1-18(15,16)7-5-14-4-6-17-11-8-9(12)2-3-10(11)13/h2-3,8,14H,4-7H2,1H3. The Kier molecular flexibility index (Phi) is 6.81. The second-order valence-electron chi connectivity index (χ2n) is 3.80. The second kappa shape index (κ2) is 7.60. The van der Waals surface area contributed by atoms with Crippen molar-refractivity contribution in [3.8, 4) is 0 Å². The van der Waals surface area contributed by atoms with Gasteiger partial charge in [-0.05, 0) is 18.2 Å². The van der Waals surface area contributed by atoms with E-state index in [0.29, 0.717) is 16.6 Å². The van der Waals surface area contributed by atoms with E-state index in [1.165, 1.54) is 6.26 Å². The molecule has 0 amide bonds. The molecule has 7 heteroatoms. The SMILES string of the molecule is CS(=O)(=O)CCNCCSc1cc(Cl)ccc1Cl. The van der Waals surface area contributed by atoms with Crippen molar-refractivity contribution < 1.29 is 8.42 Å². The molecule has 0 saturated heterocycles. The third-order valence-electron chi connectivity index (χ3n) is 2.08. The van der Waals surface area contributed by atoms with Crippen LogP contribution in [0.3, 0.4) is 0 Å². The summed E-state index contributed by atoms with van der Waals surface area (Å²) in [6.45, 7) is 1.20. The topological polar surface area (TPSA) is 46.2 Å². The molecule has 0 unspecified atom stereocenters. The van der Waals surface area contributed by atoms with Crippen LogP contribution in [-0.2, 0) is 9.84 Å². The molecule has 0 aliphatic rings. The third kappa shape index (κ3) is 6.85. The van der Waals surface area contributed by atoms with Crippen LogP contribution in [0.4, 0.5) is 0 Å². The van der Waals surface area contributed by atoms with Crippen LogP contribution in [-0.4, -0.2) is 39.3 Å². The zero-order chi connectivity index (χ0) is 13.6. The van der Waals surface area contributed by atoms with Crippen molar-refractivity contribution in [1.29, 1.82) is 0 Å². The van der Waals surface area contributed by atoms with Gasteiger partial charge in [-0.1, -0.05) is 23.2 Å². The Morgan fingerprint density at radius 2 is 2.00 bits per heavy atom. The van der Waals surface area contributed by atoms with Crippen LogP contribution in [0.5, 0.6) is 0 Å². The highest BCUT2D eigenvalue weighted by molar-refractivity contribution is 7.99. The summed E-state index contributed by atoms with van der Waals surface area (Å²) in [6.07, 6.45) is 1.23. The Balaban J connectivity index is 2.24. The number of thioether (sulfide) groups is 1. The van der Waals surface area contributed by atoms with Crippen molar-refractivity contribution in [2.75, 3.05) is 30.9 Å². The summed E-state index contributed by atoms with van der Waals surface area (Å²) in [7, 11) is -2.88. The van der Waals surface area contributed by atoms with Crippen LogP contribution in [0.1, 0.15) is 0 Å². The van der Waals surface area contributed by atoms with E-state index in [2.05, 4.69) is 5.32 Å². The Morgan fingerprint density at radius 1 is 1.28 bits per heavy atom. The van der Waals surface area contributed by atoms with Gasteiger partial charge in [0, 0.05) is 35.0 Å². The molecule has 0 fully saturated rings. The Hall–Kier alpha value is 0.0600. The highest BCUT2D eigenvalue weighted by Crippen LogP contribution is 2.29. The predicted octanol–water partition coefficient (Wildman–Crippen LogP) is 2.72. The van der Waals surface area contributed by atoms with E-state index < -0.39 is 9.84 Å². The number of hydrogen-bond donors (Lipinski definition) is 1. The number of hydrogen-bond acceptors (Lipinski definition) is 4. The minimum atomic E-state index is -2.88. The molecule has 1 N–H and O–H groups in total. The molecule has 0 heterocycles. The summed E-state index contributed by atoms with van der Waals surface area (Å²) < 4.78 is 21.8. The Labute approximate surface area is 122 Å². The van der Waals surface area contributed by atoms with Crippen molar-refractivity contribution in [1.82, 2.24) is 5.32 Å². The molecule has 102 valence electrons. The maximum absolute atomic E-state index is 10.9. The highest BCUT2D eigenvalue weighted by atomic mass is 35.5. The molecule has 3 nitrogen and oxygen atoms in total. The number of sulfone groups is 1. The van der Waals surface area contributed by atoms with Crippen molar-refractivity contribution in [3.05, 3.63) is 28.2 Å². The van der Waals surface area contributed by atoms with E-state index in [1.54, 1.807) is 23.9 Å². The van der Waals surface area contributed by atoms with Gasteiger partial charge in [-0.25, -0.2) is 8.42 Å². The normalized spacial score (nSPS) is 11.7. The van der Waals surface area contributed by atoms with Crippen LogP contribution in [0, 0.1) is 0 Å². The van der Waals surface area contributed by atoms with Gasteiger partial charge in [0.05, 0.1) is 10.8 Å². The second-order valence-corrected chi connectivity index (χ2v) is 8.04. The van der Waals surface area contributed by atoms with E-state index in [0.717, 1.165) is 17.2 Å². The van der Waals surface area contributed by atoms with E-state index in [9.17, 15) is 8.42 Å². The molecular weight excluding hydrogens is 313 g/mol. The molecule has 0 bridgehead atoms. The first-order valence-electron chi connectivity index (χ1n) is 5.35. The monoisotopic (exact) mass is 327 g/mol. The van der Waals surface area contributed by atoms with Gasteiger partial charge in [0.25, 0.3) is 0 Å². The lowest BCUT2D eigenvalue weighted by Gasteiger charge is -2.06. The molecule has 0 spiro atoms. The van der Waals surface area contributed by atoms with Gasteiger partial charge in [-0.3, -0.25) is 0 Å². The van der Waals surface area contributed by atoms with Gasteiger partial charge >= 0.3 is 0 Å². The van der Waals surface area contributed by atoms with Crippen molar-refractivity contribution in [2.45, 2.75) is 4.90 Å². The smallest absolute Gasteiger partial charge is 0.148 e. The van der Waals surface area contributed by atoms with Crippen LogP contribution in [0.15, 0.2) is 23.1 Å². The lowest BCUT2D eigenvalue weighted by Crippen LogP contribution is -2.24. The molecular formula is C11H15Cl2NO2S2. The molecule has 0 aromatic heterocycles.